The lowest BCUT2D eigenvalue weighted by atomic mass is 10.2. The van der Waals surface area contributed by atoms with Crippen LogP contribution in [0.4, 0.5) is 5.69 Å². The molecule has 0 spiro atoms. The van der Waals surface area contributed by atoms with Gasteiger partial charge in [0.2, 0.25) is 0 Å². The molecule has 2 rings (SSSR count). The van der Waals surface area contributed by atoms with E-state index in [0.29, 0.717) is 18.8 Å². The molecule has 0 radical (unpaired) electrons. The SMILES string of the molecule is CN1CCN(c2ccc(O)cc2)C(=O)C1=O. The van der Waals surface area contributed by atoms with E-state index in [-0.39, 0.29) is 5.75 Å². The Bertz CT molecular complexity index is 427. The molecule has 1 N–H and O–H groups in total. The minimum absolute atomic E-state index is 0.136. The molecule has 0 atom stereocenters. The van der Waals surface area contributed by atoms with Gasteiger partial charge in [-0.3, -0.25) is 9.59 Å². The van der Waals surface area contributed by atoms with Crippen molar-refractivity contribution >= 4 is 17.5 Å². The Morgan fingerprint density at radius 1 is 1.06 bits per heavy atom. The minimum atomic E-state index is -0.528. The third-order valence-electron chi connectivity index (χ3n) is 2.60. The van der Waals surface area contributed by atoms with Gasteiger partial charge in [-0.05, 0) is 24.3 Å². The topological polar surface area (TPSA) is 60.9 Å². The zero-order valence-electron chi connectivity index (χ0n) is 8.88. The lowest BCUT2D eigenvalue weighted by molar-refractivity contribution is -0.145. The van der Waals surface area contributed by atoms with E-state index in [9.17, 15) is 9.59 Å². The summed E-state index contributed by atoms with van der Waals surface area (Å²) in [6, 6.07) is 6.22. The van der Waals surface area contributed by atoms with Crippen molar-refractivity contribution in [3.8, 4) is 5.75 Å². The van der Waals surface area contributed by atoms with Gasteiger partial charge in [0.25, 0.3) is 0 Å². The number of piperazine rings is 1. The number of phenols is 1. The number of benzene rings is 1. The Balaban J connectivity index is 2.25. The number of anilines is 1. The van der Waals surface area contributed by atoms with Crippen LogP contribution in [0.25, 0.3) is 0 Å². The smallest absolute Gasteiger partial charge is 0.316 e. The standard InChI is InChI=1S/C11H12N2O3/c1-12-6-7-13(11(16)10(12)15)8-2-4-9(14)5-3-8/h2-5,14H,6-7H2,1H3. The zero-order valence-corrected chi connectivity index (χ0v) is 8.88. The van der Waals surface area contributed by atoms with Gasteiger partial charge in [-0.25, -0.2) is 0 Å². The fraction of sp³-hybridized carbons (Fsp3) is 0.273. The molecular formula is C11H12N2O3. The molecule has 5 nitrogen and oxygen atoms in total. The lowest BCUT2D eigenvalue weighted by Crippen LogP contribution is -2.52. The van der Waals surface area contributed by atoms with E-state index in [0.717, 1.165) is 0 Å². The number of amides is 2. The molecule has 0 bridgehead atoms. The summed E-state index contributed by atoms with van der Waals surface area (Å²) in [4.78, 5) is 26.0. The Hall–Kier alpha value is -2.04. The minimum Gasteiger partial charge on any atom is -0.508 e. The summed E-state index contributed by atoms with van der Waals surface area (Å²) < 4.78 is 0. The quantitative estimate of drug-likeness (QED) is 0.687. The largest absolute Gasteiger partial charge is 0.508 e. The third-order valence-corrected chi connectivity index (χ3v) is 2.60. The van der Waals surface area contributed by atoms with Crippen LogP contribution in [0.2, 0.25) is 0 Å². The summed E-state index contributed by atoms with van der Waals surface area (Å²) in [6.45, 7) is 0.997. The Morgan fingerprint density at radius 2 is 1.69 bits per heavy atom. The maximum atomic E-state index is 11.7. The van der Waals surface area contributed by atoms with E-state index in [2.05, 4.69) is 0 Å². The van der Waals surface area contributed by atoms with E-state index < -0.39 is 11.8 Å². The molecule has 1 saturated heterocycles. The number of aromatic hydroxyl groups is 1. The van der Waals surface area contributed by atoms with Gasteiger partial charge in [0, 0.05) is 25.8 Å². The van der Waals surface area contributed by atoms with Crippen molar-refractivity contribution in [3.63, 3.8) is 0 Å². The van der Waals surface area contributed by atoms with Gasteiger partial charge in [0.1, 0.15) is 5.75 Å². The van der Waals surface area contributed by atoms with Crippen LogP contribution in [0.5, 0.6) is 5.75 Å². The van der Waals surface area contributed by atoms with Crippen molar-refractivity contribution in [2.75, 3.05) is 25.0 Å². The van der Waals surface area contributed by atoms with Gasteiger partial charge in [-0.1, -0.05) is 0 Å². The molecule has 5 heteroatoms. The normalized spacial score (nSPS) is 16.8. The monoisotopic (exact) mass is 220 g/mol. The van der Waals surface area contributed by atoms with Crippen LogP contribution >= 0.6 is 0 Å². The molecule has 1 fully saturated rings. The molecule has 2 amide bonds. The van der Waals surface area contributed by atoms with Gasteiger partial charge in [-0.2, -0.15) is 0 Å². The van der Waals surface area contributed by atoms with Crippen LogP contribution in [0.3, 0.4) is 0 Å². The highest BCUT2D eigenvalue weighted by Crippen LogP contribution is 2.20. The van der Waals surface area contributed by atoms with Crippen molar-refractivity contribution in [3.05, 3.63) is 24.3 Å². The number of carbonyl (C=O) groups is 2. The second-order valence-electron chi connectivity index (χ2n) is 3.70. The van der Waals surface area contributed by atoms with E-state index in [1.54, 1.807) is 19.2 Å². The highest BCUT2D eigenvalue weighted by molar-refractivity contribution is 6.40. The van der Waals surface area contributed by atoms with E-state index in [1.165, 1.54) is 21.9 Å². The molecule has 0 aliphatic carbocycles. The number of hydrogen-bond donors (Lipinski definition) is 1. The first-order chi connectivity index (χ1) is 7.59. The Morgan fingerprint density at radius 3 is 2.31 bits per heavy atom. The third kappa shape index (κ3) is 1.71. The van der Waals surface area contributed by atoms with Crippen LogP contribution in [-0.4, -0.2) is 42.0 Å². The van der Waals surface area contributed by atoms with Crippen molar-refractivity contribution in [2.24, 2.45) is 0 Å². The molecule has 1 aromatic carbocycles. The number of likely N-dealkylation sites (N-methyl/N-ethyl adjacent to an activating group) is 1. The summed E-state index contributed by atoms with van der Waals surface area (Å²) in [6.07, 6.45) is 0. The predicted octanol–water partition coefficient (Wildman–Crippen LogP) is 0.197. The van der Waals surface area contributed by atoms with Crippen LogP contribution in [0, 0.1) is 0 Å². The summed E-state index contributed by atoms with van der Waals surface area (Å²) >= 11 is 0. The summed E-state index contributed by atoms with van der Waals surface area (Å²) in [5.41, 5.74) is 0.629. The maximum Gasteiger partial charge on any atom is 0.316 e. The molecule has 1 aliphatic rings. The average molecular weight is 220 g/mol. The highest BCUT2D eigenvalue weighted by atomic mass is 16.3. The van der Waals surface area contributed by atoms with E-state index >= 15 is 0 Å². The molecule has 0 saturated carbocycles. The molecule has 1 aromatic rings. The van der Waals surface area contributed by atoms with Crippen molar-refractivity contribution < 1.29 is 14.7 Å². The number of hydrogen-bond acceptors (Lipinski definition) is 3. The second kappa shape index (κ2) is 3.84. The van der Waals surface area contributed by atoms with Gasteiger partial charge >= 0.3 is 11.8 Å². The summed E-state index contributed by atoms with van der Waals surface area (Å²) in [7, 11) is 1.61. The Labute approximate surface area is 92.9 Å². The molecule has 0 aromatic heterocycles. The molecule has 1 aliphatic heterocycles. The van der Waals surface area contributed by atoms with E-state index in [4.69, 9.17) is 5.11 Å². The fourth-order valence-corrected chi connectivity index (χ4v) is 1.61. The second-order valence-corrected chi connectivity index (χ2v) is 3.70. The maximum absolute atomic E-state index is 11.7. The first-order valence-corrected chi connectivity index (χ1v) is 4.95. The molecule has 84 valence electrons. The van der Waals surface area contributed by atoms with Gasteiger partial charge < -0.3 is 14.9 Å². The first-order valence-electron chi connectivity index (χ1n) is 4.95. The van der Waals surface area contributed by atoms with Crippen molar-refractivity contribution in [1.82, 2.24) is 4.90 Å². The summed E-state index contributed by atoms with van der Waals surface area (Å²) in [5.74, 6) is -0.893. The zero-order chi connectivity index (χ0) is 11.7. The van der Waals surface area contributed by atoms with Gasteiger partial charge in [-0.15, -0.1) is 0 Å². The van der Waals surface area contributed by atoms with E-state index in [1.807, 2.05) is 0 Å². The van der Waals surface area contributed by atoms with Crippen LogP contribution < -0.4 is 4.90 Å². The van der Waals surface area contributed by atoms with Crippen molar-refractivity contribution in [2.45, 2.75) is 0 Å². The average Bonchev–Trinajstić information content (AvgIpc) is 2.28. The molecule has 1 heterocycles. The molecule has 0 unspecified atom stereocenters. The fourth-order valence-electron chi connectivity index (χ4n) is 1.61. The van der Waals surface area contributed by atoms with Crippen LogP contribution in [0.15, 0.2) is 24.3 Å². The van der Waals surface area contributed by atoms with Gasteiger partial charge in [0.15, 0.2) is 0 Å². The van der Waals surface area contributed by atoms with Crippen molar-refractivity contribution in [1.29, 1.82) is 0 Å². The predicted molar refractivity (Wildman–Crippen MR) is 58.1 cm³/mol. The first kappa shape index (κ1) is 10.5. The van der Waals surface area contributed by atoms with Crippen LogP contribution in [0.1, 0.15) is 0 Å². The number of phenolic OH excluding ortho intramolecular Hbond substituents is 1. The molecular weight excluding hydrogens is 208 g/mol. The summed E-state index contributed by atoms with van der Waals surface area (Å²) in [5, 5.41) is 9.14. The van der Waals surface area contributed by atoms with Crippen LogP contribution in [-0.2, 0) is 9.59 Å². The number of nitrogens with zero attached hydrogens (tertiary/aromatic N) is 2. The number of carbonyl (C=O) groups excluding carboxylic acids is 2. The Kier molecular flexibility index (Phi) is 2.52. The highest BCUT2D eigenvalue weighted by Gasteiger charge is 2.30. The molecule has 16 heavy (non-hydrogen) atoms. The number of rotatable bonds is 1. The van der Waals surface area contributed by atoms with Gasteiger partial charge in [0.05, 0.1) is 0 Å². The lowest BCUT2D eigenvalue weighted by Gasteiger charge is -2.31.